The SMILES string of the molecule is Cc1ccc(-c2nc3ccc(N)cc3[nH]2)cc1Br. The van der Waals surface area contributed by atoms with E-state index in [1.54, 1.807) is 0 Å². The number of nitrogens with two attached hydrogens (primary N) is 1. The summed E-state index contributed by atoms with van der Waals surface area (Å²) in [6.45, 7) is 2.06. The van der Waals surface area contributed by atoms with Crippen LogP contribution in [-0.2, 0) is 0 Å². The molecule has 1 heterocycles. The predicted octanol–water partition coefficient (Wildman–Crippen LogP) is 3.88. The zero-order valence-electron chi connectivity index (χ0n) is 9.87. The van der Waals surface area contributed by atoms with Gasteiger partial charge in [-0.2, -0.15) is 0 Å². The molecule has 4 heteroatoms. The highest BCUT2D eigenvalue weighted by atomic mass is 79.9. The van der Waals surface area contributed by atoms with Crippen LogP contribution in [0.15, 0.2) is 40.9 Å². The molecule has 3 N–H and O–H groups in total. The lowest BCUT2D eigenvalue weighted by atomic mass is 10.1. The van der Waals surface area contributed by atoms with E-state index in [0.717, 1.165) is 32.6 Å². The second-order valence-electron chi connectivity index (χ2n) is 4.33. The van der Waals surface area contributed by atoms with Gasteiger partial charge in [0.25, 0.3) is 0 Å². The van der Waals surface area contributed by atoms with E-state index in [1.165, 1.54) is 5.56 Å². The number of imidazole rings is 1. The van der Waals surface area contributed by atoms with E-state index in [2.05, 4.69) is 51.0 Å². The number of hydrogen-bond donors (Lipinski definition) is 2. The molecule has 0 aliphatic carbocycles. The fourth-order valence-corrected chi connectivity index (χ4v) is 2.28. The molecule has 1 aromatic heterocycles. The molecular weight excluding hydrogens is 290 g/mol. The third-order valence-electron chi connectivity index (χ3n) is 2.95. The van der Waals surface area contributed by atoms with Gasteiger partial charge in [0.2, 0.25) is 0 Å². The Hall–Kier alpha value is -1.81. The first-order valence-electron chi connectivity index (χ1n) is 5.65. The van der Waals surface area contributed by atoms with E-state index < -0.39 is 0 Å². The number of aromatic amines is 1. The second-order valence-corrected chi connectivity index (χ2v) is 5.18. The average Bonchev–Trinajstić information content (AvgIpc) is 2.75. The number of H-pyrrole nitrogens is 1. The van der Waals surface area contributed by atoms with Crippen molar-refractivity contribution in [2.45, 2.75) is 6.92 Å². The van der Waals surface area contributed by atoms with E-state index >= 15 is 0 Å². The topological polar surface area (TPSA) is 54.7 Å². The number of aryl methyl sites for hydroxylation is 1. The molecule has 0 radical (unpaired) electrons. The first-order chi connectivity index (χ1) is 8.63. The van der Waals surface area contributed by atoms with Gasteiger partial charge < -0.3 is 10.7 Å². The van der Waals surface area contributed by atoms with E-state index in [9.17, 15) is 0 Å². The van der Waals surface area contributed by atoms with Gasteiger partial charge in [-0.25, -0.2) is 4.98 Å². The Labute approximate surface area is 113 Å². The molecule has 90 valence electrons. The molecule has 0 aliphatic heterocycles. The van der Waals surface area contributed by atoms with Crippen molar-refractivity contribution >= 4 is 32.7 Å². The van der Waals surface area contributed by atoms with Gasteiger partial charge in [-0.05, 0) is 36.8 Å². The largest absolute Gasteiger partial charge is 0.399 e. The molecule has 3 aromatic rings. The molecule has 0 aliphatic rings. The van der Waals surface area contributed by atoms with Crippen molar-refractivity contribution in [3.63, 3.8) is 0 Å². The van der Waals surface area contributed by atoms with Gasteiger partial charge in [0.15, 0.2) is 0 Å². The molecule has 0 saturated heterocycles. The number of anilines is 1. The lowest BCUT2D eigenvalue weighted by Crippen LogP contribution is -1.82. The molecule has 0 saturated carbocycles. The van der Waals surface area contributed by atoms with Crippen LogP contribution in [0.25, 0.3) is 22.4 Å². The summed E-state index contributed by atoms with van der Waals surface area (Å²) in [5.41, 5.74) is 10.7. The highest BCUT2D eigenvalue weighted by molar-refractivity contribution is 9.10. The fraction of sp³-hybridized carbons (Fsp3) is 0.0714. The summed E-state index contributed by atoms with van der Waals surface area (Å²) in [6.07, 6.45) is 0. The van der Waals surface area contributed by atoms with Crippen molar-refractivity contribution in [2.24, 2.45) is 0 Å². The molecule has 0 atom stereocenters. The number of nitrogens with one attached hydrogen (secondary N) is 1. The number of halogens is 1. The normalized spacial score (nSPS) is 11.0. The van der Waals surface area contributed by atoms with Crippen LogP contribution in [0.1, 0.15) is 5.56 Å². The maximum Gasteiger partial charge on any atom is 0.138 e. The average molecular weight is 302 g/mol. The number of nitrogen functional groups attached to an aromatic ring is 1. The van der Waals surface area contributed by atoms with Crippen LogP contribution in [0.5, 0.6) is 0 Å². The van der Waals surface area contributed by atoms with Crippen molar-refractivity contribution in [3.05, 3.63) is 46.4 Å². The minimum absolute atomic E-state index is 0.739. The Morgan fingerprint density at radius 3 is 2.78 bits per heavy atom. The van der Waals surface area contributed by atoms with Gasteiger partial charge >= 0.3 is 0 Å². The zero-order chi connectivity index (χ0) is 12.7. The highest BCUT2D eigenvalue weighted by Crippen LogP contribution is 2.26. The molecule has 0 amide bonds. The first-order valence-corrected chi connectivity index (χ1v) is 6.44. The van der Waals surface area contributed by atoms with Gasteiger partial charge in [0, 0.05) is 15.7 Å². The summed E-state index contributed by atoms with van der Waals surface area (Å²) < 4.78 is 1.08. The Kier molecular flexibility index (Phi) is 2.59. The lowest BCUT2D eigenvalue weighted by molar-refractivity contribution is 1.32. The van der Waals surface area contributed by atoms with Crippen molar-refractivity contribution in [1.82, 2.24) is 9.97 Å². The Morgan fingerprint density at radius 2 is 2.00 bits per heavy atom. The van der Waals surface area contributed by atoms with Crippen molar-refractivity contribution < 1.29 is 0 Å². The number of nitrogens with zero attached hydrogens (tertiary/aromatic N) is 1. The van der Waals surface area contributed by atoms with E-state index in [0.29, 0.717) is 0 Å². The minimum atomic E-state index is 0.739. The van der Waals surface area contributed by atoms with Crippen LogP contribution in [0.2, 0.25) is 0 Å². The van der Waals surface area contributed by atoms with Crippen molar-refractivity contribution in [1.29, 1.82) is 0 Å². The van der Waals surface area contributed by atoms with E-state index in [-0.39, 0.29) is 0 Å². The highest BCUT2D eigenvalue weighted by Gasteiger charge is 2.06. The quantitative estimate of drug-likeness (QED) is 0.670. The van der Waals surface area contributed by atoms with Crippen LogP contribution < -0.4 is 5.73 Å². The number of aromatic nitrogens is 2. The van der Waals surface area contributed by atoms with Crippen LogP contribution in [-0.4, -0.2) is 9.97 Å². The van der Waals surface area contributed by atoms with Crippen LogP contribution >= 0.6 is 15.9 Å². The van der Waals surface area contributed by atoms with Gasteiger partial charge in [0.05, 0.1) is 11.0 Å². The molecule has 0 unspecified atom stereocenters. The summed E-state index contributed by atoms with van der Waals surface area (Å²) in [6, 6.07) is 11.9. The fourth-order valence-electron chi connectivity index (χ4n) is 1.90. The molecule has 0 spiro atoms. The number of rotatable bonds is 1. The minimum Gasteiger partial charge on any atom is -0.399 e. The maximum absolute atomic E-state index is 5.76. The molecule has 0 bridgehead atoms. The van der Waals surface area contributed by atoms with Crippen LogP contribution in [0.4, 0.5) is 5.69 Å². The third kappa shape index (κ3) is 1.88. The molecule has 2 aromatic carbocycles. The summed E-state index contributed by atoms with van der Waals surface area (Å²) in [7, 11) is 0. The smallest absolute Gasteiger partial charge is 0.138 e. The Balaban J connectivity index is 2.16. The molecule has 3 rings (SSSR count). The monoisotopic (exact) mass is 301 g/mol. The third-order valence-corrected chi connectivity index (χ3v) is 3.81. The van der Waals surface area contributed by atoms with E-state index in [1.807, 2.05) is 18.2 Å². The molecule has 18 heavy (non-hydrogen) atoms. The summed E-state index contributed by atoms with van der Waals surface area (Å²) in [4.78, 5) is 7.85. The standard InChI is InChI=1S/C14H12BrN3/c1-8-2-3-9(6-11(8)15)14-17-12-5-4-10(16)7-13(12)18-14/h2-7H,16H2,1H3,(H,17,18). The van der Waals surface area contributed by atoms with E-state index in [4.69, 9.17) is 5.73 Å². The van der Waals surface area contributed by atoms with Gasteiger partial charge in [0.1, 0.15) is 5.82 Å². The number of hydrogen-bond acceptors (Lipinski definition) is 2. The Bertz CT molecular complexity index is 731. The Morgan fingerprint density at radius 1 is 1.17 bits per heavy atom. The van der Waals surface area contributed by atoms with Crippen LogP contribution in [0.3, 0.4) is 0 Å². The molecular formula is C14H12BrN3. The number of fused-ring (bicyclic) bond motifs is 1. The summed E-state index contributed by atoms with van der Waals surface area (Å²) in [5, 5.41) is 0. The number of benzene rings is 2. The summed E-state index contributed by atoms with van der Waals surface area (Å²) >= 11 is 3.54. The van der Waals surface area contributed by atoms with Crippen molar-refractivity contribution in [2.75, 3.05) is 5.73 Å². The zero-order valence-corrected chi connectivity index (χ0v) is 11.5. The van der Waals surface area contributed by atoms with Gasteiger partial charge in [-0.1, -0.05) is 28.1 Å². The molecule has 0 fully saturated rings. The molecule has 3 nitrogen and oxygen atoms in total. The second kappa shape index (κ2) is 4.14. The van der Waals surface area contributed by atoms with Crippen molar-refractivity contribution in [3.8, 4) is 11.4 Å². The predicted molar refractivity (Wildman–Crippen MR) is 78.4 cm³/mol. The maximum atomic E-state index is 5.76. The van der Waals surface area contributed by atoms with Crippen LogP contribution in [0, 0.1) is 6.92 Å². The summed E-state index contributed by atoms with van der Waals surface area (Å²) in [5.74, 6) is 0.858. The van der Waals surface area contributed by atoms with Gasteiger partial charge in [-0.3, -0.25) is 0 Å². The lowest BCUT2D eigenvalue weighted by Gasteiger charge is -2.00. The first kappa shape index (κ1) is 11.3. The van der Waals surface area contributed by atoms with Gasteiger partial charge in [-0.15, -0.1) is 0 Å².